The quantitative estimate of drug-likeness (QED) is 0.852. The topological polar surface area (TPSA) is 67.8 Å². The van der Waals surface area contributed by atoms with Crippen LogP contribution in [0.4, 0.5) is 5.69 Å². The molecule has 0 spiro atoms. The van der Waals surface area contributed by atoms with Gasteiger partial charge in [-0.2, -0.15) is 0 Å². The maximum atomic E-state index is 10.8. The Balaban J connectivity index is 1.92. The van der Waals surface area contributed by atoms with E-state index >= 15 is 0 Å². The number of hydrogen-bond acceptors (Lipinski definition) is 4. The van der Waals surface area contributed by atoms with Crippen molar-refractivity contribution in [1.82, 2.24) is 0 Å². The number of aliphatic carboxylic acids is 1. The summed E-state index contributed by atoms with van der Waals surface area (Å²) in [7, 11) is 1.63. The van der Waals surface area contributed by atoms with Crippen molar-refractivity contribution in [2.24, 2.45) is 0 Å². The molecule has 0 saturated carbocycles. The van der Waals surface area contributed by atoms with E-state index in [2.05, 4.69) is 5.32 Å². The minimum absolute atomic E-state index is 0.0636. The molecule has 19 heavy (non-hydrogen) atoms. The minimum Gasteiger partial charge on any atom is -0.495 e. The predicted octanol–water partition coefficient (Wildman–Crippen LogP) is 2.05. The van der Waals surface area contributed by atoms with Crippen molar-refractivity contribution >= 4 is 11.7 Å². The molecule has 1 aromatic carbocycles. The molecular weight excluding hydrogens is 246 g/mol. The molecule has 0 amide bonds. The zero-order valence-electron chi connectivity index (χ0n) is 11.2. The number of benzene rings is 1. The molecule has 5 heteroatoms. The molecule has 2 N–H and O–H groups in total. The zero-order chi connectivity index (χ0) is 13.8. The van der Waals surface area contributed by atoms with Crippen LogP contribution < -0.4 is 10.1 Å². The highest BCUT2D eigenvalue weighted by molar-refractivity contribution is 5.72. The fourth-order valence-corrected chi connectivity index (χ4v) is 2.22. The van der Waals surface area contributed by atoms with Crippen molar-refractivity contribution in [3.8, 4) is 5.75 Å². The lowest BCUT2D eigenvalue weighted by atomic mass is 10.1. The Labute approximate surface area is 112 Å². The molecule has 1 aliphatic rings. The highest BCUT2D eigenvalue weighted by Crippen LogP contribution is 2.26. The van der Waals surface area contributed by atoms with Crippen LogP contribution in [0.1, 0.15) is 18.4 Å². The van der Waals surface area contributed by atoms with Gasteiger partial charge in [0.15, 0.2) is 6.10 Å². The van der Waals surface area contributed by atoms with E-state index < -0.39 is 12.1 Å². The summed E-state index contributed by atoms with van der Waals surface area (Å²) in [5.74, 6) is -0.103. The highest BCUT2D eigenvalue weighted by Gasteiger charge is 2.30. The summed E-state index contributed by atoms with van der Waals surface area (Å²) in [5.41, 5.74) is 2.05. The average molecular weight is 265 g/mol. The molecule has 1 fully saturated rings. The van der Waals surface area contributed by atoms with Crippen molar-refractivity contribution in [2.75, 3.05) is 19.0 Å². The maximum absolute atomic E-state index is 10.8. The average Bonchev–Trinajstić information content (AvgIpc) is 2.85. The molecule has 0 aliphatic carbocycles. The van der Waals surface area contributed by atoms with E-state index in [1.54, 1.807) is 7.11 Å². The van der Waals surface area contributed by atoms with Gasteiger partial charge in [0.1, 0.15) is 5.75 Å². The van der Waals surface area contributed by atoms with Crippen LogP contribution in [0, 0.1) is 6.92 Å². The van der Waals surface area contributed by atoms with Gasteiger partial charge in [0, 0.05) is 6.54 Å². The Morgan fingerprint density at radius 2 is 2.32 bits per heavy atom. The van der Waals surface area contributed by atoms with E-state index in [0.29, 0.717) is 13.0 Å². The van der Waals surface area contributed by atoms with E-state index in [9.17, 15) is 4.79 Å². The third-order valence-electron chi connectivity index (χ3n) is 3.26. The van der Waals surface area contributed by atoms with Gasteiger partial charge in [-0.25, -0.2) is 4.79 Å². The minimum atomic E-state index is -0.879. The van der Waals surface area contributed by atoms with Gasteiger partial charge < -0.3 is 19.9 Å². The number of methoxy groups -OCH3 is 1. The van der Waals surface area contributed by atoms with E-state index in [1.807, 2.05) is 25.1 Å². The highest BCUT2D eigenvalue weighted by atomic mass is 16.5. The van der Waals surface area contributed by atoms with Crippen LogP contribution in [0.15, 0.2) is 18.2 Å². The summed E-state index contributed by atoms with van der Waals surface area (Å²) in [5, 5.41) is 12.1. The second-order valence-corrected chi connectivity index (χ2v) is 4.75. The van der Waals surface area contributed by atoms with E-state index in [1.165, 1.54) is 0 Å². The third-order valence-corrected chi connectivity index (χ3v) is 3.26. The molecule has 0 radical (unpaired) electrons. The standard InChI is InChI=1S/C14H19NO4/c1-9-3-5-12(18-2)11(7-9)15-8-10-4-6-13(19-10)14(16)17/h3,5,7,10,13,15H,4,6,8H2,1-2H3,(H,16,17). The molecule has 1 aromatic rings. The van der Waals surface area contributed by atoms with Gasteiger partial charge in [0.25, 0.3) is 0 Å². The van der Waals surface area contributed by atoms with Crippen LogP contribution in [0.2, 0.25) is 0 Å². The van der Waals surface area contributed by atoms with Crippen molar-refractivity contribution < 1.29 is 19.4 Å². The number of carbonyl (C=O) groups is 1. The van der Waals surface area contributed by atoms with Crippen LogP contribution >= 0.6 is 0 Å². The van der Waals surface area contributed by atoms with Gasteiger partial charge in [-0.1, -0.05) is 6.07 Å². The molecule has 2 unspecified atom stereocenters. The summed E-state index contributed by atoms with van der Waals surface area (Å²) in [4.78, 5) is 10.8. The molecule has 0 aromatic heterocycles. The molecule has 1 aliphatic heterocycles. The number of anilines is 1. The van der Waals surface area contributed by atoms with Crippen LogP contribution in [0.5, 0.6) is 5.75 Å². The Morgan fingerprint density at radius 3 is 2.95 bits per heavy atom. The maximum Gasteiger partial charge on any atom is 0.332 e. The molecule has 104 valence electrons. The zero-order valence-corrected chi connectivity index (χ0v) is 11.2. The summed E-state index contributed by atoms with van der Waals surface area (Å²) in [6.07, 6.45) is 0.614. The summed E-state index contributed by atoms with van der Waals surface area (Å²) in [6.45, 7) is 2.60. The van der Waals surface area contributed by atoms with Gasteiger partial charge in [-0.3, -0.25) is 0 Å². The molecule has 2 atom stereocenters. The number of aryl methyl sites for hydroxylation is 1. The Kier molecular flexibility index (Phi) is 4.27. The van der Waals surface area contributed by atoms with Gasteiger partial charge in [-0.05, 0) is 37.5 Å². The number of carboxylic acid groups (broad SMARTS) is 1. The molecular formula is C14H19NO4. The van der Waals surface area contributed by atoms with Crippen LogP contribution in [-0.4, -0.2) is 36.9 Å². The van der Waals surface area contributed by atoms with E-state index in [-0.39, 0.29) is 6.10 Å². The largest absolute Gasteiger partial charge is 0.495 e. The van der Waals surface area contributed by atoms with Crippen molar-refractivity contribution in [3.63, 3.8) is 0 Å². The molecule has 2 rings (SSSR count). The van der Waals surface area contributed by atoms with Gasteiger partial charge >= 0.3 is 5.97 Å². The first-order chi connectivity index (χ1) is 9.10. The molecule has 0 bridgehead atoms. The first-order valence-corrected chi connectivity index (χ1v) is 6.37. The number of carboxylic acids is 1. The first-order valence-electron chi connectivity index (χ1n) is 6.37. The third kappa shape index (κ3) is 3.38. The second-order valence-electron chi connectivity index (χ2n) is 4.75. The lowest BCUT2D eigenvalue weighted by molar-refractivity contribution is -0.149. The SMILES string of the molecule is COc1ccc(C)cc1NCC1CCC(C(=O)O)O1. The summed E-state index contributed by atoms with van der Waals surface area (Å²) in [6, 6.07) is 5.90. The number of hydrogen-bond donors (Lipinski definition) is 2. The van der Waals surface area contributed by atoms with Gasteiger partial charge in [0.05, 0.1) is 18.9 Å². The monoisotopic (exact) mass is 265 g/mol. The Bertz CT molecular complexity index is 461. The Morgan fingerprint density at radius 1 is 1.53 bits per heavy atom. The second kappa shape index (κ2) is 5.93. The fourth-order valence-electron chi connectivity index (χ4n) is 2.22. The van der Waals surface area contributed by atoms with Crippen molar-refractivity contribution in [3.05, 3.63) is 23.8 Å². The van der Waals surface area contributed by atoms with E-state index in [4.69, 9.17) is 14.6 Å². The van der Waals surface area contributed by atoms with E-state index in [0.717, 1.165) is 23.4 Å². The normalized spacial score (nSPS) is 22.2. The molecule has 1 heterocycles. The fraction of sp³-hybridized carbons (Fsp3) is 0.500. The lowest BCUT2D eigenvalue weighted by Crippen LogP contribution is -2.24. The number of nitrogens with one attached hydrogen (secondary N) is 1. The van der Waals surface area contributed by atoms with Crippen LogP contribution in [-0.2, 0) is 9.53 Å². The molecule has 5 nitrogen and oxygen atoms in total. The Hall–Kier alpha value is -1.75. The molecule has 1 saturated heterocycles. The number of rotatable bonds is 5. The summed E-state index contributed by atoms with van der Waals surface area (Å²) < 4.78 is 10.7. The smallest absolute Gasteiger partial charge is 0.332 e. The van der Waals surface area contributed by atoms with Crippen LogP contribution in [0.3, 0.4) is 0 Å². The summed E-state index contributed by atoms with van der Waals surface area (Å²) >= 11 is 0. The van der Waals surface area contributed by atoms with Crippen LogP contribution in [0.25, 0.3) is 0 Å². The van der Waals surface area contributed by atoms with Gasteiger partial charge in [-0.15, -0.1) is 0 Å². The first kappa shape index (κ1) is 13.7. The lowest BCUT2D eigenvalue weighted by Gasteiger charge is -2.15. The number of ether oxygens (including phenoxy) is 2. The van der Waals surface area contributed by atoms with Gasteiger partial charge in [0.2, 0.25) is 0 Å². The van der Waals surface area contributed by atoms with Crippen molar-refractivity contribution in [2.45, 2.75) is 32.0 Å². The predicted molar refractivity (Wildman–Crippen MR) is 71.8 cm³/mol. The van der Waals surface area contributed by atoms with Crippen molar-refractivity contribution in [1.29, 1.82) is 0 Å².